The third kappa shape index (κ3) is 2.84. The van der Waals surface area contributed by atoms with E-state index in [1.165, 1.54) is 0 Å². The number of hydrogen-bond acceptors (Lipinski definition) is 4. The number of carbonyl (C=O) groups excluding carboxylic acids is 2. The second kappa shape index (κ2) is 6.12. The molecule has 1 aliphatic carbocycles. The molecule has 7 heteroatoms. The zero-order valence-electron chi connectivity index (χ0n) is 15.2. The van der Waals surface area contributed by atoms with Gasteiger partial charge in [-0.1, -0.05) is 0 Å². The van der Waals surface area contributed by atoms with Crippen LogP contribution in [0.1, 0.15) is 61.5 Å². The molecule has 4 rings (SSSR count). The highest BCUT2D eigenvalue weighted by atomic mass is 16.5. The standard InChI is InChI=1S/C18H26N4O3/c1-4-22-17(14-9-11(2)25-12(3)16(14)19-22)18(24)20-7-8-21(13-5-6-13)15(23)10-20/h11-13H,4-10H2,1-3H3/t11-,12+/m0/s1. The Labute approximate surface area is 147 Å². The average Bonchev–Trinajstić information content (AvgIpc) is 3.34. The fraction of sp³-hybridized carbons (Fsp3) is 0.722. The summed E-state index contributed by atoms with van der Waals surface area (Å²) in [6.45, 7) is 8.05. The molecule has 1 aromatic heterocycles. The van der Waals surface area contributed by atoms with Crippen LogP contribution in [-0.2, 0) is 22.5 Å². The van der Waals surface area contributed by atoms with Crippen molar-refractivity contribution in [2.45, 2.75) is 64.8 Å². The Balaban J connectivity index is 1.61. The van der Waals surface area contributed by atoms with Gasteiger partial charge in [-0.25, -0.2) is 0 Å². The van der Waals surface area contributed by atoms with Crippen molar-refractivity contribution >= 4 is 11.8 Å². The highest BCUT2D eigenvalue weighted by Crippen LogP contribution is 2.33. The number of ether oxygens (including phenoxy) is 1. The Morgan fingerprint density at radius 2 is 2.04 bits per heavy atom. The van der Waals surface area contributed by atoms with E-state index in [9.17, 15) is 9.59 Å². The molecule has 2 fully saturated rings. The van der Waals surface area contributed by atoms with Crippen molar-refractivity contribution in [3.63, 3.8) is 0 Å². The van der Waals surface area contributed by atoms with Crippen LogP contribution in [0.4, 0.5) is 0 Å². The molecule has 25 heavy (non-hydrogen) atoms. The summed E-state index contributed by atoms with van der Waals surface area (Å²) in [5.74, 6) is 0.00398. The topological polar surface area (TPSA) is 67.7 Å². The predicted octanol–water partition coefficient (Wildman–Crippen LogP) is 1.37. The molecule has 1 saturated carbocycles. The molecule has 2 amide bonds. The lowest BCUT2D eigenvalue weighted by Crippen LogP contribution is -2.53. The van der Waals surface area contributed by atoms with Gasteiger partial charge in [-0.15, -0.1) is 0 Å². The fourth-order valence-corrected chi connectivity index (χ4v) is 4.04. The molecule has 0 N–H and O–H groups in total. The van der Waals surface area contributed by atoms with E-state index >= 15 is 0 Å². The Morgan fingerprint density at radius 3 is 2.68 bits per heavy atom. The number of rotatable bonds is 3. The van der Waals surface area contributed by atoms with E-state index in [1.54, 1.807) is 9.58 Å². The number of nitrogens with zero attached hydrogens (tertiary/aromatic N) is 4. The van der Waals surface area contributed by atoms with Gasteiger partial charge in [-0.05, 0) is 33.6 Å². The van der Waals surface area contributed by atoms with Gasteiger partial charge in [-0.2, -0.15) is 5.10 Å². The fourth-order valence-electron chi connectivity index (χ4n) is 4.04. The highest BCUT2D eigenvalue weighted by molar-refractivity contribution is 5.97. The zero-order chi connectivity index (χ0) is 17.7. The Hall–Kier alpha value is -1.89. The second-order valence-corrected chi connectivity index (χ2v) is 7.37. The van der Waals surface area contributed by atoms with Crippen molar-refractivity contribution in [2.24, 2.45) is 0 Å². The highest BCUT2D eigenvalue weighted by Gasteiger charge is 2.39. The Morgan fingerprint density at radius 1 is 1.28 bits per heavy atom. The summed E-state index contributed by atoms with van der Waals surface area (Å²) in [7, 11) is 0. The van der Waals surface area contributed by atoms with Gasteiger partial charge in [0.15, 0.2) is 0 Å². The average molecular weight is 346 g/mol. The molecule has 1 saturated heterocycles. The second-order valence-electron chi connectivity index (χ2n) is 7.37. The van der Waals surface area contributed by atoms with Crippen LogP contribution < -0.4 is 0 Å². The van der Waals surface area contributed by atoms with Crippen molar-refractivity contribution in [3.8, 4) is 0 Å². The maximum Gasteiger partial charge on any atom is 0.272 e. The third-order valence-electron chi connectivity index (χ3n) is 5.43. The SMILES string of the molecule is CCn1nc2c(c1C(=O)N1CCN(C3CC3)C(=O)C1)C[C@H](C)O[C@@H]2C. The van der Waals surface area contributed by atoms with Crippen LogP contribution >= 0.6 is 0 Å². The smallest absolute Gasteiger partial charge is 0.272 e. The summed E-state index contributed by atoms with van der Waals surface area (Å²) in [4.78, 5) is 29.2. The minimum Gasteiger partial charge on any atom is -0.369 e. The van der Waals surface area contributed by atoms with Crippen molar-refractivity contribution in [1.82, 2.24) is 19.6 Å². The first kappa shape index (κ1) is 16.6. The van der Waals surface area contributed by atoms with Crippen LogP contribution in [0.25, 0.3) is 0 Å². The molecule has 0 radical (unpaired) electrons. The van der Waals surface area contributed by atoms with Crippen molar-refractivity contribution < 1.29 is 14.3 Å². The molecule has 2 aliphatic heterocycles. The molecule has 0 unspecified atom stereocenters. The quantitative estimate of drug-likeness (QED) is 0.829. The van der Waals surface area contributed by atoms with Crippen molar-refractivity contribution in [1.29, 1.82) is 0 Å². The van der Waals surface area contributed by atoms with Crippen LogP contribution in [0, 0.1) is 0 Å². The van der Waals surface area contributed by atoms with Gasteiger partial charge in [0.05, 0.1) is 17.9 Å². The zero-order valence-corrected chi connectivity index (χ0v) is 15.2. The summed E-state index contributed by atoms with van der Waals surface area (Å²) < 4.78 is 7.63. The maximum atomic E-state index is 13.2. The summed E-state index contributed by atoms with van der Waals surface area (Å²) >= 11 is 0. The Bertz CT molecular complexity index is 709. The molecular formula is C18H26N4O3. The first-order chi connectivity index (χ1) is 12.0. The predicted molar refractivity (Wildman–Crippen MR) is 91.2 cm³/mol. The first-order valence-electron chi connectivity index (χ1n) is 9.33. The number of aromatic nitrogens is 2. The van der Waals surface area contributed by atoms with Gasteiger partial charge in [0.2, 0.25) is 5.91 Å². The van der Waals surface area contributed by atoms with Gasteiger partial charge in [0.1, 0.15) is 12.2 Å². The van der Waals surface area contributed by atoms with Gasteiger partial charge in [0, 0.05) is 37.7 Å². The molecule has 0 spiro atoms. The minimum atomic E-state index is -0.105. The minimum absolute atomic E-state index is 0.0666. The van der Waals surface area contributed by atoms with Crippen LogP contribution in [0.5, 0.6) is 0 Å². The van der Waals surface area contributed by atoms with Crippen LogP contribution in [0.15, 0.2) is 0 Å². The maximum absolute atomic E-state index is 13.2. The van der Waals surface area contributed by atoms with E-state index in [2.05, 4.69) is 5.10 Å². The molecule has 2 atom stereocenters. The lowest BCUT2D eigenvalue weighted by atomic mass is 9.99. The molecule has 3 aliphatic rings. The first-order valence-corrected chi connectivity index (χ1v) is 9.33. The lowest BCUT2D eigenvalue weighted by Gasteiger charge is -2.34. The van der Waals surface area contributed by atoms with Gasteiger partial charge in [0.25, 0.3) is 5.91 Å². The van der Waals surface area contributed by atoms with Crippen LogP contribution in [-0.4, -0.2) is 63.2 Å². The number of fused-ring (bicyclic) bond motifs is 1. The lowest BCUT2D eigenvalue weighted by molar-refractivity contribution is -0.135. The van der Waals surface area contributed by atoms with Gasteiger partial charge < -0.3 is 14.5 Å². The van der Waals surface area contributed by atoms with Crippen LogP contribution in [0.2, 0.25) is 0 Å². The van der Waals surface area contributed by atoms with Crippen LogP contribution in [0.3, 0.4) is 0 Å². The number of aryl methyl sites for hydroxylation is 1. The molecule has 3 heterocycles. The summed E-state index contributed by atoms with van der Waals surface area (Å²) in [6, 6.07) is 0.414. The number of amides is 2. The number of piperazine rings is 1. The van der Waals surface area contributed by atoms with E-state index < -0.39 is 0 Å². The molecular weight excluding hydrogens is 320 g/mol. The molecule has 136 valence electrons. The van der Waals surface area contributed by atoms with E-state index in [0.717, 1.165) is 24.1 Å². The molecule has 1 aromatic rings. The van der Waals surface area contributed by atoms with Crippen molar-refractivity contribution in [2.75, 3.05) is 19.6 Å². The Kier molecular flexibility index (Phi) is 4.06. The summed E-state index contributed by atoms with van der Waals surface area (Å²) in [5, 5.41) is 4.62. The van der Waals surface area contributed by atoms with E-state index in [0.29, 0.717) is 37.8 Å². The molecule has 0 bridgehead atoms. The summed E-state index contributed by atoms with van der Waals surface area (Å²) in [6.07, 6.45) is 2.86. The van der Waals surface area contributed by atoms with Crippen molar-refractivity contribution in [3.05, 3.63) is 17.0 Å². The van der Waals surface area contributed by atoms with E-state index in [4.69, 9.17) is 4.74 Å². The van der Waals surface area contributed by atoms with E-state index in [1.807, 2.05) is 25.7 Å². The normalized spacial score (nSPS) is 26.8. The molecule has 0 aromatic carbocycles. The third-order valence-corrected chi connectivity index (χ3v) is 5.43. The summed E-state index contributed by atoms with van der Waals surface area (Å²) in [5.41, 5.74) is 2.51. The number of carbonyl (C=O) groups is 2. The largest absolute Gasteiger partial charge is 0.369 e. The van der Waals surface area contributed by atoms with Gasteiger partial charge >= 0.3 is 0 Å². The van der Waals surface area contributed by atoms with E-state index in [-0.39, 0.29) is 30.6 Å². The molecule has 7 nitrogen and oxygen atoms in total. The monoisotopic (exact) mass is 346 g/mol. The number of hydrogen-bond donors (Lipinski definition) is 0. The van der Waals surface area contributed by atoms with Gasteiger partial charge in [-0.3, -0.25) is 14.3 Å².